The molecule has 0 saturated carbocycles. The number of para-hydroxylation sites is 1. The van der Waals surface area contributed by atoms with Crippen LogP contribution in [0.1, 0.15) is 42.5 Å². The average molecular weight is 342 g/mol. The molecule has 126 valence electrons. The molecule has 2 heterocycles. The zero-order chi connectivity index (χ0) is 17.3. The third-order valence-electron chi connectivity index (χ3n) is 4.18. The van der Waals surface area contributed by atoms with Gasteiger partial charge in [0.1, 0.15) is 0 Å². The highest BCUT2D eigenvalue weighted by Crippen LogP contribution is 2.22. The Bertz CT molecular complexity index is 961. The van der Waals surface area contributed by atoms with Crippen molar-refractivity contribution in [3.05, 3.63) is 46.0 Å². The van der Waals surface area contributed by atoms with Crippen molar-refractivity contribution in [2.24, 2.45) is 4.99 Å². The van der Waals surface area contributed by atoms with Gasteiger partial charge >= 0.3 is 0 Å². The van der Waals surface area contributed by atoms with E-state index in [4.69, 9.17) is 0 Å². The van der Waals surface area contributed by atoms with Gasteiger partial charge in [0.05, 0.1) is 10.2 Å². The molecule has 0 N–H and O–H groups in total. The van der Waals surface area contributed by atoms with E-state index in [1.165, 1.54) is 11.1 Å². The Morgan fingerprint density at radius 1 is 1.25 bits per heavy atom. The summed E-state index contributed by atoms with van der Waals surface area (Å²) in [6, 6.07) is 8.09. The Morgan fingerprint density at radius 2 is 2.04 bits per heavy atom. The second-order valence-corrected chi connectivity index (χ2v) is 6.66. The number of benzene rings is 1. The predicted octanol–water partition coefficient (Wildman–Crippen LogP) is 3.55. The van der Waals surface area contributed by atoms with Crippen LogP contribution in [-0.4, -0.2) is 20.3 Å². The van der Waals surface area contributed by atoms with Crippen molar-refractivity contribution in [2.45, 2.75) is 47.2 Å². The third kappa shape index (κ3) is 2.82. The number of aryl methyl sites for hydroxylation is 4. The second kappa shape index (κ2) is 6.73. The van der Waals surface area contributed by atoms with Crippen LogP contribution in [0.4, 0.5) is 0 Å². The van der Waals surface area contributed by atoms with Crippen LogP contribution < -0.4 is 4.80 Å². The first-order valence-electron chi connectivity index (χ1n) is 8.33. The van der Waals surface area contributed by atoms with Gasteiger partial charge in [0, 0.05) is 18.8 Å². The molecule has 0 saturated heterocycles. The fourth-order valence-corrected chi connectivity index (χ4v) is 4.09. The number of carbonyl (C=O) groups is 1. The lowest BCUT2D eigenvalue weighted by atomic mass is 10.1. The Balaban J connectivity index is 2.14. The van der Waals surface area contributed by atoms with E-state index in [-0.39, 0.29) is 5.91 Å². The molecule has 0 spiro atoms. The average Bonchev–Trinajstić information content (AvgIpc) is 3.14. The number of amides is 1. The van der Waals surface area contributed by atoms with Gasteiger partial charge in [-0.05, 0) is 44.9 Å². The van der Waals surface area contributed by atoms with Crippen molar-refractivity contribution in [3.8, 4) is 0 Å². The molecule has 3 rings (SSSR count). The van der Waals surface area contributed by atoms with E-state index in [9.17, 15) is 4.79 Å². The summed E-state index contributed by atoms with van der Waals surface area (Å²) in [6.45, 7) is 9.72. The Labute approximate surface area is 145 Å². The first-order valence-corrected chi connectivity index (χ1v) is 9.15. The molecule has 0 radical (unpaired) electrons. The maximum atomic E-state index is 12.5. The van der Waals surface area contributed by atoms with Crippen molar-refractivity contribution in [1.29, 1.82) is 0 Å². The highest BCUT2D eigenvalue weighted by molar-refractivity contribution is 7.16. The van der Waals surface area contributed by atoms with Crippen molar-refractivity contribution < 1.29 is 4.79 Å². The molecule has 0 aliphatic rings. The van der Waals surface area contributed by atoms with Crippen LogP contribution in [0.25, 0.3) is 10.2 Å². The molecular formula is C18H22N4OS. The van der Waals surface area contributed by atoms with Crippen molar-refractivity contribution in [1.82, 2.24) is 14.3 Å². The monoisotopic (exact) mass is 342 g/mol. The molecular weight excluding hydrogens is 320 g/mol. The van der Waals surface area contributed by atoms with E-state index in [1.54, 1.807) is 17.4 Å². The number of aromatic nitrogens is 3. The zero-order valence-corrected chi connectivity index (χ0v) is 15.4. The Morgan fingerprint density at radius 3 is 2.67 bits per heavy atom. The van der Waals surface area contributed by atoms with Crippen LogP contribution in [0.3, 0.4) is 0 Å². The topological polar surface area (TPSA) is 52.2 Å². The molecule has 0 bridgehead atoms. The predicted molar refractivity (Wildman–Crippen MR) is 97.4 cm³/mol. The van der Waals surface area contributed by atoms with Crippen LogP contribution in [0.5, 0.6) is 0 Å². The second-order valence-electron chi connectivity index (χ2n) is 5.65. The van der Waals surface area contributed by atoms with Gasteiger partial charge in [0.25, 0.3) is 5.91 Å². The normalized spacial score (nSPS) is 12.2. The summed E-state index contributed by atoms with van der Waals surface area (Å²) in [4.78, 5) is 17.7. The maximum Gasteiger partial charge on any atom is 0.300 e. The lowest BCUT2D eigenvalue weighted by Gasteiger charge is -2.04. The summed E-state index contributed by atoms with van der Waals surface area (Å²) >= 11 is 1.56. The molecule has 3 aromatic rings. The summed E-state index contributed by atoms with van der Waals surface area (Å²) < 4.78 is 5.11. The van der Waals surface area contributed by atoms with Gasteiger partial charge in [-0.1, -0.05) is 30.4 Å². The number of fused-ring (bicyclic) bond motifs is 1. The molecule has 2 aromatic heterocycles. The molecule has 1 amide bonds. The molecule has 0 atom stereocenters. The van der Waals surface area contributed by atoms with Gasteiger partial charge in [0.15, 0.2) is 10.5 Å². The van der Waals surface area contributed by atoms with Crippen LogP contribution in [0.15, 0.2) is 29.3 Å². The SMILES string of the molecule is CCc1cccc2sc(=NC(=O)c3cc(C)n(CC)n3)n(CC)c12. The van der Waals surface area contributed by atoms with Crippen LogP contribution in [0, 0.1) is 6.92 Å². The van der Waals surface area contributed by atoms with Gasteiger partial charge in [-0.2, -0.15) is 10.1 Å². The van der Waals surface area contributed by atoms with E-state index in [0.29, 0.717) is 5.69 Å². The van der Waals surface area contributed by atoms with E-state index in [2.05, 4.69) is 46.7 Å². The highest BCUT2D eigenvalue weighted by atomic mass is 32.1. The van der Waals surface area contributed by atoms with Gasteiger partial charge in [-0.15, -0.1) is 0 Å². The number of carbonyl (C=O) groups excluding carboxylic acids is 1. The number of hydrogen-bond acceptors (Lipinski definition) is 3. The largest absolute Gasteiger partial charge is 0.316 e. The van der Waals surface area contributed by atoms with Crippen molar-refractivity contribution in [2.75, 3.05) is 0 Å². The summed E-state index contributed by atoms with van der Waals surface area (Å²) in [6.07, 6.45) is 0.960. The smallest absolute Gasteiger partial charge is 0.300 e. The number of hydrogen-bond donors (Lipinski definition) is 0. The Hall–Kier alpha value is -2.21. The fraction of sp³-hybridized carbons (Fsp3) is 0.389. The molecule has 0 unspecified atom stereocenters. The quantitative estimate of drug-likeness (QED) is 0.728. The molecule has 0 fully saturated rings. The first kappa shape index (κ1) is 16.6. The third-order valence-corrected chi connectivity index (χ3v) is 5.22. The maximum absolute atomic E-state index is 12.5. The molecule has 0 aliphatic heterocycles. The Kier molecular flexibility index (Phi) is 4.66. The van der Waals surface area contributed by atoms with Gasteiger partial charge in [-0.25, -0.2) is 0 Å². The lowest BCUT2D eigenvalue weighted by Crippen LogP contribution is -2.16. The zero-order valence-electron chi connectivity index (χ0n) is 14.5. The molecule has 24 heavy (non-hydrogen) atoms. The van der Waals surface area contributed by atoms with Gasteiger partial charge in [-0.3, -0.25) is 9.48 Å². The first-order chi connectivity index (χ1) is 11.6. The van der Waals surface area contributed by atoms with Gasteiger partial charge in [0.2, 0.25) is 0 Å². The summed E-state index contributed by atoms with van der Waals surface area (Å²) in [5, 5.41) is 4.34. The number of nitrogens with zero attached hydrogens (tertiary/aromatic N) is 4. The minimum Gasteiger partial charge on any atom is -0.316 e. The van der Waals surface area contributed by atoms with Gasteiger partial charge < -0.3 is 4.57 Å². The molecule has 1 aromatic carbocycles. The minimum absolute atomic E-state index is 0.280. The molecule has 5 nitrogen and oxygen atoms in total. The van der Waals surface area contributed by atoms with E-state index < -0.39 is 0 Å². The summed E-state index contributed by atoms with van der Waals surface area (Å²) in [5.74, 6) is -0.280. The van der Waals surface area contributed by atoms with E-state index >= 15 is 0 Å². The molecule has 0 aliphatic carbocycles. The van der Waals surface area contributed by atoms with Crippen molar-refractivity contribution in [3.63, 3.8) is 0 Å². The number of rotatable bonds is 4. The van der Waals surface area contributed by atoms with E-state index in [0.717, 1.165) is 34.7 Å². The van der Waals surface area contributed by atoms with Crippen LogP contribution in [-0.2, 0) is 19.5 Å². The summed E-state index contributed by atoms with van der Waals surface area (Å²) in [5.41, 5.74) is 3.86. The standard InChI is InChI=1S/C18H22N4OS/c1-5-13-9-8-10-15-16(13)21(6-2)18(24-15)19-17(23)14-11-12(4)22(7-3)20-14/h8-11H,5-7H2,1-4H3. The number of thiazole rings is 1. The lowest BCUT2D eigenvalue weighted by molar-refractivity contribution is 0.0992. The summed E-state index contributed by atoms with van der Waals surface area (Å²) in [7, 11) is 0. The highest BCUT2D eigenvalue weighted by Gasteiger charge is 2.13. The van der Waals surface area contributed by atoms with E-state index in [1.807, 2.05) is 18.5 Å². The van der Waals surface area contributed by atoms with Crippen LogP contribution >= 0.6 is 11.3 Å². The fourth-order valence-electron chi connectivity index (χ4n) is 2.95. The molecule has 6 heteroatoms. The minimum atomic E-state index is -0.280. The van der Waals surface area contributed by atoms with Crippen molar-refractivity contribution >= 4 is 27.5 Å². The van der Waals surface area contributed by atoms with Crippen LogP contribution in [0.2, 0.25) is 0 Å².